The van der Waals surface area contributed by atoms with E-state index in [1.54, 1.807) is 13.0 Å². The highest BCUT2D eigenvalue weighted by Crippen LogP contribution is 2.32. The van der Waals surface area contributed by atoms with Gasteiger partial charge < -0.3 is 4.74 Å². The van der Waals surface area contributed by atoms with Crippen LogP contribution in [0.1, 0.15) is 24.2 Å². The normalized spacial score (nSPS) is 13.2. The minimum atomic E-state index is -4.65. The molecule has 0 amide bonds. The van der Waals surface area contributed by atoms with Crippen molar-refractivity contribution in [1.29, 1.82) is 5.26 Å². The summed E-state index contributed by atoms with van der Waals surface area (Å²) in [4.78, 5) is 0. The average Bonchev–Trinajstić information content (AvgIpc) is 2.23. The first-order chi connectivity index (χ1) is 7.88. The van der Waals surface area contributed by atoms with Crippen LogP contribution in [-0.2, 0) is 10.9 Å². The largest absolute Gasteiger partial charge is 0.416 e. The van der Waals surface area contributed by atoms with E-state index in [1.165, 1.54) is 0 Å². The second-order valence-electron chi connectivity index (χ2n) is 3.24. The highest BCUT2D eigenvalue weighted by atomic mass is 19.4. The predicted molar refractivity (Wildman–Crippen MR) is 51.4 cm³/mol. The van der Waals surface area contributed by atoms with Gasteiger partial charge in [0.25, 0.3) is 0 Å². The van der Waals surface area contributed by atoms with Gasteiger partial charge in [-0.1, -0.05) is 0 Å². The number of hydrogen-bond acceptors (Lipinski definition) is 2. The summed E-state index contributed by atoms with van der Waals surface area (Å²) in [6.45, 7) is 1.74. The van der Waals surface area contributed by atoms with Gasteiger partial charge in [-0.05, 0) is 30.7 Å². The topological polar surface area (TPSA) is 33.0 Å². The highest BCUT2D eigenvalue weighted by Gasteiger charge is 2.32. The van der Waals surface area contributed by atoms with E-state index in [1.807, 2.05) is 0 Å². The first kappa shape index (κ1) is 13.5. The number of nitrogens with zero attached hydrogens (tertiary/aromatic N) is 1. The molecule has 0 bridgehead atoms. The maximum atomic E-state index is 13.0. The molecule has 0 saturated heterocycles. The molecule has 0 aliphatic heterocycles. The van der Waals surface area contributed by atoms with Gasteiger partial charge in [0.15, 0.2) is 6.10 Å². The number of alkyl halides is 3. The van der Waals surface area contributed by atoms with E-state index in [9.17, 15) is 17.6 Å². The summed E-state index contributed by atoms with van der Waals surface area (Å²) in [7, 11) is 0. The van der Waals surface area contributed by atoms with Gasteiger partial charge in [-0.15, -0.1) is 0 Å². The van der Waals surface area contributed by atoms with Crippen molar-refractivity contribution in [2.24, 2.45) is 0 Å². The third kappa shape index (κ3) is 3.43. The van der Waals surface area contributed by atoms with Gasteiger partial charge in [0, 0.05) is 6.61 Å². The second kappa shape index (κ2) is 5.15. The van der Waals surface area contributed by atoms with Crippen molar-refractivity contribution >= 4 is 0 Å². The molecule has 1 atom stereocenters. The van der Waals surface area contributed by atoms with Crippen LogP contribution in [0.15, 0.2) is 18.2 Å². The Kier molecular flexibility index (Phi) is 4.07. The second-order valence-corrected chi connectivity index (χ2v) is 3.24. The number of nitriles is 1. The number of hydrogen-bond donors (Lipinski definition) is 0. The van der Waals surface area contributed by atoms with E-state index in [4.69, 9.17) is 10.00 Å². The Morgan fingerprint density at radius 3 is 2.47 bits per heavy atom. The number of halogens is 4. The Balaban J connectivity index is 3.18. The molecule has 6 heteroatoms. The SMILES string of the molecule is CCOC(C#N)c1cc(F)cc(C(F)(F)F)c1. The summed E-state index contributed by atoms with van der Waals surface area (Å²) >= 11 is 0. The lowest BCUT2D eigenvalue weighted by molar-refractivity contribution is -0.137. The van der Waals surface area contributed by atoms with Crippen LogP contribution in [0.4, 0.5) is 17.6 Å². The fourth-order valence-electron chi connectivity index (χ4n) is 1.30. The van der Waals surface area contributed by atoms with E-state index in [0.717, 1.165) is 6.07 Å². The summed E-state index contributed by atoms with van der Waals surface area (Å²) in [6, 6.07) is 3.62. The third-order valence-corrected chi connectivity index (χ3v) is 2.00. The molecular weight excluding hydrogens is 238 g/mol. The van der Waals surface area contributed by atoms with E-state index in [-0.39, 0.29) is 12.2 Å². The molecule has 1 aromatic rings. The molecule has 0 N–H and O–H groups in total. The first-order valence-corrected chi connectivity index (χ1v) is 4.77. The Bertz CT molecular complexity index is 436. The average molecular weight is 247 g/mol. The zero-order valence-corrected chi connectivity index (χ0v) is 8.88. The van der Waals surface area contributed by atoms with Gasteiger partial charge in [-0.3, -0.25) is 0 Å². The Hall–Kier alpha value is -1.61. The van der Waals surface area contributed by atoms with Crippen LogP contribution in [0.25, 0.3) is 0 Å². The molecule has 0 heterocycles. The third-order valence-electron chi connectivity index (χ3n) is 2.00. The van der Waals surface area contributed by atoms with Gasteiger partial charge in [0.2, 0.25) is 0 Å². The fraction of sp³-hybridized carbons (Fsp3) is 0.364. The molecule has 0 aliphatic rings. The Labute approximate surface area is 95.4 Å². The van der Waals surface area contributed by atoms with E-state index >= 15 is 0 Å². The van der Waals surface area contributed by atoms with Gasteiger partial charge in [-0.25, -0.2) is 4.39 Å². The Morgan fingerprint density at radius 1 is 1.35 bits per heavy atom. The van der Waals surface area contributed by atoms with Crippen molar-refractivity contribution in [1.82, 2.24) is 0 Å². The molecule has 0 fully saturated rings. The van der Waals surface area contributed by atoms with Crippen molar-refractivity contribution in [2.75, 3.05) is 6.61 Å². The van der Waals surface area contributed by atoms with Crippen LogP contribution in [-0.4, -0.2) is 6.61 Å². The lowest BCUT2D eigenvalue weighted by Gasteiger charge is -2.13. The molecule has 17 heavy (non-hydrogen) atoms. The molecule has 0 radical (unpaired) electrons. The van der Waals surface area contributed by atoms with Crippen LogP contribution < -0.4 is 0 Å². The number of rotatable bonds is 3. The molecule has 92 valence electrons. The summed E-state index contributed by atoms with van der Waals surface area (Å²) < 4.78 is 55.2. The van der Waals surface area contributed by atoms with Crippen molar-refractivity contribution in [3.63, 3.8) is 0 Å². The maximum absolute atomic E-state index is 13.0. The molecule has 0 saturated carbocycles. The van der Waals surface area contributed by atoms with Crippen LogP contribution in [0.2, 0.25) is 0 Å². The first-order valence-electron chi connectivity index (χ1n) is 4.77. The minimum absolute atomic E-state index is 0.137. The standard InChI is InChI=1S/C11H9F4NO/c1-2-17-10(6-16)7-3-8(11(13,14)15)5-9(12)4-7/h3-5,10H,2H2,1H3. The zero-order valence-electron chi connectivity index (χ0n) is 8.88. The monoisotopic (exact) mass is 247 g/mol. The van der Waals surface area contributed by atoms with Gasteiger partial charge in [-0.2, -0.15) is 18.4 Å². The highest BCUT2D eigenvalue weighted by molar-refractivity contribution is 5.30. The van der Waals surface area contributed by atoms with Gasteiger partial charge >= 0.3 is 6.18 Å². The summed E-state index contributed by atoms with van der Waals surface area (Å²) in [5.41, 5.74) is -1.27. The number of benzene rings is 1. The van der Waals surface area contributed by atoms with Gasteiger partial charge in [0.1, 0.15) is 5.82 Å². The molecule has 0 spiro atoms. The molecule has 1 unspecified atom stereocenters. The van der Waals surface area contributed by atoms with Crippen molar-refractivity contribution in [3.8, 4) is 6.07 Å². The lowest BCUT2D eigenvalue weighted by Crippen LogP contribution is -2.09. The Morgan fingerprint density at radius 2 is 2.00 bits per heavy atom. The fourth-order valence-corrected chi connectivity index (χ4v) is 1.30. The molecule has 0 aliphatic carbocycles. The van der Waals surface area contributed by atoms with E-state index in [2.05, 4.69) is 0 Å². The van der Waals surface area contributed by atoms with Crippen molar-refractivity contribution in [3.05, 3.63) is 35.1 Å². The van der Waals surface area contributed by atoms with Crippen LogP contribution >= 0.6 is 0 Å². The summed E-state index contributed by atoms with van der Waals surface area (Å²) in [6.07, 6.45) is -5.85. The molecule has 2 nitrogen and oxygen atoms in total. The smallest absolute Gasteiger partial charge is 0.359 e. The van der Waals surface area contributed by atoms with E-state index < -0.39 is 23.7 Å². The molecule has 1 aromatic carbocycles. The molecule has 1 rings (SSSR count). The minimum Gasteiger partial charge on any atom is -0.359 e. The van der Waals surface area contributed by atoms with Crippen molar-refractivity contribution < 1.29 is 22.3 Å². The maximum Gasteiger partial charge on any atom is 0.416 e. The summed E-state index contributed by atoms with van der Waals surface area (Å²) in [5.74, 6) is -1.05. The number of ether oxygens (including phenoxy) is 1. The zero-order chi connectivity index (χ0) is 13.1. The molecular formula is C11H9F4NO. The van der Waals surface area contributed by atoms with Crippen LogP contribution in [0.5, 0.6) is 0 Å². The predicted octanol–water partition coefficient (Wildman–Crippen LogP) is 3.45. The van der Waals surface area contributed by atoms with Gasteiger partial charge in [0.05, 0.1) is 11.6 Å². The summed E-state index contributed by atoms with van der Waals surface area (Å²) in [5, 5.41) is 8.72. The quantitative estimate of drug-likeness (QED) is 0.766. The van der Waals surface area contributed by atoms with Crippen LogP contribution in [0.3, 0.4) is 0 Å². The lowest BCUT2D eigenvalue weighted by atomic mass is 10.1. The van der Waals surface area contributed by atoms with E-state index in [0.29, 0.717) is 12.1 Å². The molecule has 0 aromatic heterocycles. The van der Waals surface area contributed by atoms with Crippen LogP contribution in [0, 0.1) is 17.1 Å². The van der Waals surface area contributed by atoms with Crippen molar-refractivity contribution in [2.45, 2.75) is 19.2 Å².